The molecule has 0 spiro atoms. The van der Waals surface area contributed by atoms with Crippen molar-refractivity contribution in [3.8, 4) is 0 Å². The van der Waals surface area contributed by atoms with Crippen molar-refractivity contribution in [1.82, 2.24) is 4.90 Å². The third kappa shape index (κ3) is 3.46. The molecule has 4 heteroatoms. The minimum atomic E-state index is 0.0313. The highest BCUT2D eigenvalue weighted by atomic mass is 35.5. The molecule has 1 fully saturated rings. The number of nitrogens with two attached hydrogens (primary N) is 1. The molecule has 3 nitrogen and oxygen atoms in total. The summed E-state index contributed by atoms with van der Waals surface area (Å²) in [6.45, 7) is 10.8. The molecule has 1 heterocycles. The van der Waals surface area contributed by atoms with Gasteiger partial charge in [-0.15, -0.1) is 0 Å². The summed E-state index contributed by atoms with van der Waals surface area (Å²) in [4.78, 5) is 4.94. The second kappa shape index (κ2) is 6.79. The van der Waals surface area contributed by atoms with E-state index in [1.54, 1.807) is 0 Å². The SMILES string of the molecule is CCC(C)N1CCN(c2ccc([C@H](C)N)cc2Cl)CC1. The van der Waals surface area contributed by atoms with Gasteiger partial charge in [0.1, 0.15) is 0 Å². The predicted molar refractivity (Wildman–Crippen MR) is 87.6 cm³/mol. The van der Waals surface area contributed by atoms with Gasteiger partial charge in [-0.05, 0) is 38.0 Å². The van der Waals surface area contributed by atoms with Gasteiger partial charge in [0.25, 0.3) is 0 Å². The van der Waals surface area contributed by atoms with Gasteiger partial charge >= 0.3 is 0 Å². The fraction of sp³-hybridized carbons (Fsp3) is 0.625. The number of piperazine rings is 1. The molecule has 1 saturated heterocycles. The molecule has 0 radical (unpaired) electrons. The van der Waals surface area contributed by atoms with Gasteiger partial charge in [0.2, 0.25) is 0 Å². The second-order valence-electron chi connectivity index (χ2n) is 5.78. The van der Waals surface area contributed by atoms with Crippen molar-refractivity contribution in [2.75, 3.05) is 31.1 Å². The van der Waals surface area contributed by atoms with Crippen molar-refractivity contribution >= 4 is 17.3 Å². The first-order valence-corrected chi connectivity index (χ1v) is 7.94. The van der Waals surface area contributed by atoms with Crippen molar-refractivity contribution in [2.24, 2.45) is 5.73 Å². The van der Waals surface area contributed by atoms with Crippen molar-refractivity contribution in [3.05, 3.63) is 28.8 Å². The lowest BCUT2D eigenvalue weighted by Gasteiger charge is -2.39. The topological polar surface area (TPSA) is 32.5 Å². The summed E-state index contributed by atoms with van der Waals surface area (Å²) < 4.78 is 0. The highest BCUT2D eigenvalue weighted by Gasteiger charge is 2.21. The maximum Gasteiger partial charge on any atom is 0.0642 e. The molecule has 2 N–H and O–H groups in total. The van der Waals surface area contributed by atoms with E-state index in [-0.39, 0.29) is 6.04 Å². The molecule has 1 aromatic rings. The monoisotopic (exact) mass is 295 g/mol. The summed E-state index contributed by atoms with van der Waals surface area (Å²) in [6, 6.07) is 6.91. The molecule has 0 aromatic heterocycles. The summed E-state index contributed by atoms with van der Waals surface area (Å²) in [5.74, 6) is 0. The van der Waals surface area contributed by atoms with Crippen LogP contribution in [0.4, 0.5) is 5.69 Å². The van der Waals surface area contributed by atoms with Crippen LogP contribution in [0.5, 0.6) is 0 Å². The maximum absolute atomic E-state index is 6.42. The Morgan fingerprint density at radius 2 is 1.85 bits per heavy atom. The molecular weight excluding hydrogens is 270 g/mol. The minimum absolute atomic E-state index is 0.0313. The van der Waals surface area contributed by atoms with E-state index in [9.17, 15) is 0 Å². The first-order valence-electron chi connectivity index (χ1n) is 7.57. The number of rotatable bonds is 4. The summed E-state index contributed by atoms with van der Waals surface area (Å²) in [7, 11) is 0. The van der Waals surface area contributed by atoms with Gasteiger partial charge in [-0.25, -0.2) is 0 Å². The number of benzene rings is 1. The number of hydrogen-bond acceptors (Lipinski definition) is 3. The van der Waals surface area contributed by atoms with Crippen LogP contribution in [0.2, 0.25) is 5.02 Å². The molecular formula is C16H26ClN3. The molecule has 0 bridgehead atoms. The van der Waals surface area contributed by atoms with E-state index < -0.39 is 0 Å². The first-order chi connectivity index (χ1) is 9.52. The largest absolute Gasteiger partial charge is 0.368 e. The van der Waals surface area contributed by atoms with Gasteiger partial charge in [-0.1, -0.05) is 24.6 Å². The van der Waals surface area contributed by atoms with E-state index >= 15 is 0 Å². The highest BCUT2D eigenvalue weighted by molar-refractivity contribution is 6.33. The van der Waals surface area contributed by atoms with E-state index in [0.29, 0.717) is 6.04 Å². The lowest BCUT2D eigenvalue weighted by atomic mass is 10.1. The number of anilines is 1. The van der Waals surface area contributed by atoms with E-state index in [1.165, 1.54) is 6.42 Å². The number of hydrogen-bond donors (Lipinski definition) is 1. The molecule has 0 amide bonds. The van der Waals surface area contributed by atoms with Crippen LogP contribution in [-0.2, 0) is 0 Å². The Morgan fingerprint density at radius 3 is 2.35 bits per heavy atom. The predicted octanol–water partition coefficient (Wildman–Crippen LogP) is 3.28. The normalized spacial score (nSPS) is 19.9. The van der Waals surface area contributed by atoms with E-state index in [4.69, 9.17) is 17.3 Å². The van der Waals surface area contributed by atoms with Crippen LogP contribution in [0.25, 0.3) is 0 Å². The molecule has 1 aliphatic heterocycles. The molecule has 2 rings (SSSR count). The Kier molecular flexibility index (Phi) is 5.30. The molecule has 0 aliphatic carbocycles. The molecule has 20 heavy (non-hydrogen) atoms. The van der Waals surface area contributed by atoms with Crippen molar-refractivity contribution in [1.29, 1.82) is 0 Å². The van der Waals surface area contributed by atoms with Crippen LogP contribution < -0.4 is 10.6 Å². The molecule has 2 atom stereocenters. The molecule has 1 aliphatic rings. The summed E-state index contributed by atoms with van der Waals surface area (Å²) in [6.07, 6.45) is 1.21. The van der Waals surface area contributed by atoms with Crippen LogP contribution in [0, 0.1) is 0 Å². The van der Waals surface area contributed by atoms with Gasteiger partial charge in [-0.2, -0.15) is 0 Å². The average Bonchev–Trinajstić information content (AvgIpc) is 2.46. The fourth-order valence-corrected chi connectivity index (χ4v) is 3.03. The van der Waals surface area contributed by atoms with Crippen LogP contribution >= 0.6 is 11.6 Å². The van der Waals surface area contributed by atoms with Crippen molar-refractivity contribution < 1.29 is 0 Å². The van der Waals surface area contributed by atoms with E-state index in [2.05, 4.69) is 35.8 Å². The molecule has 0 saturated carbocycles. The van der Waals surface area contributed by atoms with Gasteiger partial charge < -0.3 is 10.6 Å². The standard InChI is InChI=1S/C16H26ClN3/c1-4-12(2)19-7-9-20(10-8-19)16-6-5-14(13(3)18)11-15(16)17/h5-6,11-13H,4,7-10,18H2,1-3H3/t12?,13-/m0/s1. The van der Waals surface area contributed by atoms with Crippen LogP contribution in [0.1, 0.15) is 38.8 Å². The Balaban J connectivity index is 2.04. The van der Waals surface area contributed by atoms with Gasteiger partial charge in [0.05, 0.1) is 10.7 Å². The summed E-state index contributed by atoms with van der Waals surface area (Å²) in [5, 5.41) is 0.816. The summed E-state index contributed by atoms with van der Waals surface area (Å²) >= 11 is 6.42. The maximum atomic E-state index is 6.42. The van der Waals surface area contributed by atoms with Crippen molar-refractivity contribution in [2.45, 2.75) is 39.3 Å². The number of halogens is 1. The highest BCUT2D eigenvalue weighted by Crippen LogP contribution is 2.29. The Hall–Kier alpha value is -0.770. The fourth-order valence-electron chi connectivity index (χ4n) is 2.72. The van der Waals surface area contributed by atoms with Gasteiger partial charge in [-0.3, -0.25) is 4.90 Å². The quantitative estimate of drug-likeness (QED) is 0.925. The lowest BCUT2D eigenvalue weighted by Crippen LogP contribution is -2.49. The zero-order chi connectivity index (χ0) is 14.7. The third-order valence-corrected chi connectivity index (χ3v) is 4.67. The Labute approximate surface area is 127 Å². The molecule has 1 aromatic carbocycles. The third-order valence-electron chi connectivity index (χ3n) is 4.37. The van der Waals surface area contributed by atoms with Crippen LogP contribution in [-0.4, -0.2) is 37.1 Å². The van der Waals surface area contributed by atoms with E-state index in [1.807, 2.05) is 13.0 Å². The van der Waals surface area contributed by atoms with Crippen LogP contribution in [0.3, 0.4) is 0 Å². The Bertz CT molecular complexity index is 439. The summed E-state index contributed by atoms with van der Waals surface area (Å²) in [5.41, 5.74) is 8.13. The molecule has 112 valence electrons. The van der Waals surface area contributed by atoms with Crippen molar-refractivity contribution in [3.63, 3.8) is 0 Å². The average molecular weight is 296 g/mol. The second-order valence-corrected chi connectivity index (χ2v) is 6.19. The lowest BCUT2D eigenvalue weighted by molar-refractivity contribution is 0.193. The van der Waals surface area contributed by atoms with Crippen LogP contribution in [0.15, 0.2) is 18.2 Å². The van der Waals surface area contributed by atoms with Gasteiger partial charge in [0.15, 0.2) is 0 Å². The zero-order valence-corrected chi connectivity index (χ0v) is 13.5. The number of nitrogens with zero attached hydrogens (tertiary/aromatic N) is 2. The smallest absolute Gasteiger partial charge is 0.0642 e. The van der Waals surface area contributed by atoms with Gasteiger partial charge in [0, 0.05) is 38.3 Å². The Morgan fingerprint density at radius 1 is 1.20 bits per heavy atom. The zero-order valence-electron chi connectivity index (χ0n) is 12.8. The first kappa shape index (κ1) is 15.6. The van der Waals surface area contributed by atoms with E-state index in [0.717, 1.165) is 42.5 Å². The minimum Gasteiger partial charge on any atom is -0.368 e. The molecule has 1 unspecified atom stereocenters.